The highest BCUT2D eigenvalue weighted by molar-refractivity contribution is 7.92. The Hall–Kier alpha value is -2.16. The number of carbonyl (C=O) groups is 1. The maximum Gasteiger partial charge on any atom is 0.250 e. The Morgan fingerprint density at radius 2 is 1.74 bits per heavy atom. The molecule has 0 aliphatic heterocycles. The molecule has 0 atom stereocenters. The standard InChI is InChI=1S/C25H34ClNO5SSi/c1-25(2,3)34(5,6)32-20-15-14-19(23(17-20)31-4)11-10-16-27-24(26)22(28)18-33(29,30)21-12-8-7-9-13-21/h7-9,12-15,17H,10-11,16,18H2,1-6H3. The van der Waals surface area contributed by atoms with Crippen LogP contribution in [0.15, 0.2) is 58.4 Å². The molecule has 0 fully saturated rings. The number of aryl methyl sites for hydroxylation is 1. The molecule has 0 aliphatic carbocycles. The van der Waals surface area contributed by atoms with E-state index in [1.165, 1.54) is 12.1 Å². The third-order valence-electron chi connectivity index (χ3n) is 5.95. The van der Waals surface area contributed by atoms with Gasteiger partial charge in [-0.3, -0.25) is 9.79 Å². The lowest BCUT2D eigenvalue weighted by Crippen LogP contribution is -2.43. The summed E-state index contributed by atoms with van der Waals surface area (Å²) in [5, 5.41) is -0.210. The van der Waals surface area contributed by atoms with Crippen molar-refractivity contribution in [1.82, 2.24) is 0 Å². The number of ketones is 1. The maximum atomic E-state index is 12.3. The number of benzene rings is 2. The SMILES string of the molecule is COc1cc(O[Si](C)(C)C(C)(C)C)ccc1CCCN=C(Cl)C(=O)CS(=O)(=O)c1ccccc1. The molecular weight excluding hydrogens is 490 g/mol. The number of nitrogens with zero attached hydrogens (tertiary/aromatic N) is 1. The molecule has 0 saturated heterocycles. The van der Waals surface area contributed by atoms with Crippen LogP contribution in [0, 0.1) is 0 Å². The van der Waals surface area contributed by atoms with E-state index in [1.807, 2.05) is 18.2 Å². The molecule has 0 saturated carbocycles. The van der Waals surface area contributed by atoms with Crippen molar-refractivity contribution in [3.8, 4) is 11.5 Å². The van der Waals surface area contributed by atoms with Crippen LogP contribution < -0.4 is 9.16 Å². The monoisotopic (exact) mass is 523 g/mol. The highest BCUT2D eigenvalue weighted by Crippen LogP contribution is 2.38. The van der Waals surface area contributed by atoms with Gasteiger partial charge in [0.25, 0.3) is 0 Å². The van der Waals surface area contributed by atoms with Crippen molar-refractivity contribution in [3.05, 3.63) is 54.1 Å². The largest absolute Gasteiger partial charge is 0.543 e. The van der Waals surface area contributed by atoms with E-state index in [9.17, 15) is 13.2 Å². The molecule has 0 aliphatic rings. The fourth-order valence-corrected chi connectivity index (χ4v) is 5.39. The number of halogens is 1. The zero-order valence-corrected chi connectivity index (χ0v) is 23.3. The van der Waals surface area contributed by atoms with Crippen LogP contribution in [0.3, 0.4) is 0 Å². The summed E-state index contributed by atoms with van der Waals surface area (Å²) >= 11 is 5.98. The van der Waals surface area contributed by atoms with Gasteiger partial charge in [-0.1, -0.05) is 56.6 Å². The van der Waals surface area contributed by atoms with Gasteiger partial charge < -0.3 is 9.16 Å². The van der Waals surface area contributed by atoms with Crippen LogP contribution in [0.5, 0.6) is 11.5 Å². The van der Waals surface area contributed by atoms with Gasteiger partial charge in [0.15, 0.2) is 15.0 Å². The Morgan fingerprint density at radius 3 is 2.32 bits per heavy atom. The summed E-state index contributed by atoms with van der Waals surface area (Å²) in [6.45, 7) is 11.3. The molecule has 9 heteroatoms. The molecule has 0 radical (unpaired) electrons. The van der Waals surface area contributed by atoms with E-state index in [1.54, 1.807) is 25.3 Å². The molecule has 34 heavy (non-hydrogen) atoms. The van der Waals surface area contributed by atoms with Gasteiger partial charge in [-0.25, -0.2) is 8.42 Å². The Kier molecular flexibility index (Phi) is 9.50. The van der Waals surface area contributed by atoms with Gasteiger partial charge in [-0.15, -0.1) is 0 Å². The van der Waals surface area contributed by atoms with Crippen molar-refractivity contribution in [1.29, 1.82) is 0 Å². The van der Waals surface area contributed by atoms with Crippen LogP contribution in [0.2, 0.25) is 18.1 Å². The quantitative estimate of drug-likeness (QED) is 0.214. The van der Waals surface area contributed by atoms with Crippen LogP contribution in [0.4, 0.5) is 0 Å². The molecule has 2 aromatic carbocycles. The number of ether oxygens (including phenoxy) is 1. The van der Waals surface area contributed by atoms with E-state index in [2.05, 4.69) is 38.9 Å². The Labute approximate surface area is 209 Å². The molecule has 2 rings (SSSR count). The van der Waals surface area contributed by atoms with E-state index in [0.717, 1.165) is 17.1 Å². The van der Waals surface area contributed by atoms with Gasteiger partial charge in [0, 0.05) is 12.6 Å². The van der Waals surface area contributed by atoms with Crippen molar-refractivity contribution >= 4 is 40.7 Å². The second kappa shape index (κ2) is 11.5. The van der Waals surface area contributed by atoms with Gasteiger partial charge in [0.1, 0.15) is 17.3 Å². The summed E-state index contributed by atoms with van der Waals surface area (Å²) in [5.41, 5.74) is 0.995. The number of carbonyl (C=O) groups excluding carboxylic acids is 1. The summed E-state index contributed by atoms with van der Waals surface area (Å²) in [7, 11) is -4.09. The van der Waals surface area contributed by atoms with E-state index < -0.39 is 29.7 Å². The topological polar surface area (TPSA) is 82.0 Å². The minimum atomic E-state index is -3.75. The number of hydrogen-bond donors (Lipinski definition) is 0. The fraction of sp³-hybridized carbons (Fsp3) is 0.440. The van der Waals surface area contributed by atoms with Crippen molar-refractivity contribution in [2.45, 2.75) is 56.6 Å². The summed E-state index contributed by atoms with van der Waals surface area (Å²) in [6, 6.07) is 13.6. The Morgan fingerprint density at radius 1 is 1.09 bits per heavy atom. The summed E-state index contributed by atoms with van der Waals surface area (Å²) in [6.07, 6.45) is 1.28. The van der Waals surface area contributed by atoms with Crippen LogP contribution in [0.25, 0.3) is 0 Å². The van der Waals surface area contributed by atoms with E-state index in [0.29, 0.717) is 19.4 Å². The smallest absolute Gasteiger partial charge is 0.250 e. The average Bonchev–Trinajstić information content (AvgIpc) is 2.76. The number of Topliss-reactive ketones (excluding diaryl/α,β-unsaturated/α-hetero) is 1. The van der Waals surface area contributed by atoms with E-state index in [-0.39, 0.29) is 15.1 Å². The zero-order chi connectivity index (χ0) is 25.6. The summed E-state index contributed by atoms with van der Waals surface area (Å²) in [5.74, 6) is 0.105. The number of sulfone groups is 1. The first-order chi connectivity index (χ1) is 15.8. The van der Waals surface area contributed by atoms with Gasteiger partial charge in [0.2, 0.25) is 14.1 Å². The summed E-state index contributed by atoms with van der Waals surface area (Å²) in [4.78, 5) is 16.4. The van der Waals surface area contributed by atoms with Crippen molar-refractivity contribution in [2.75, 3.05) is 19.4 Å². The third-order valence-corrected chi connectivity index (χ3v) is 12.3. The van der Waals surface area contributed by atoms with Crippen molar-refractivity contribution in [2.24, 2.45) is 4.99 Å². The molecule has 186 valence electrons. The van der Waals surface area contributed by atoms with Crippen LogP contribution >= 0.6 is 11.6 Å². The lowest BCUT2D eigenvalue weighted by Gasteiger charge is -2.36. The first-order valence-electron chi connectivity index (χ1n) is 11.1. The first kappa shape index (κ1) is 28.1. The Bertz CT molecular complexity index is 1130. The molecule has 0 spiro atoms. The van der Waals surface area contributed by atoms with Gasteiger partial charge >= 0.3 is 0 Å². The number of aliphatic imine (C=N–C) groups is 1. The molecule has 2 aromatic rings. The van der Waals surface area contributed by atoms with Crippen LogP contribution in [-0.2, 0) is 21.1 Å². The molecule has 0 heterocycles. The Balaban J connectivity index is 1.96. The first-order valence-corrected chi connectivity index (χ1v) is 16.1. The number of hydrogen-bond acceptors (Lipinski definition) is 6. The minimum Gasteiger partial charge on any atom is -0.543 e. The average molecular weight is 524 g/mol. The molecule has 0 unspecified atom stereocenters. The third kappa shape index (κ3) is 7.68. The predicted octanol–water partition coefficient (Wildman–Crippen LogP) is 5.69. The van der Waals surface area contributed by atoms with Gasteiger partial charge in [-0.2, -0.15) is 0 Å². The zero-order valence-electron chi connectivity index (χ0n) is 20.7. The number of methoxy groups -OCH3 is 1. The predicted molar refractivity (Wildman–Crippen MR) is 141 cm³/mol. The van der Waals surface area contributed by atoms with Crippen LogP contribution in [0.1, 0.15) is 32.8 Å². The maximum absolute atomic E-state index is 12.3. The highest BCUT2D eigenvalue weighted by Gasteiger charge is 2.39. The van der Waals surface area contributed by atoms with Crippen molar-refractivity contribution < 1.29 is 22.4 Å². The summed E-state index contributed by atoms with van der Waals surface area (Å²) < 4.78 is 36.6. The molecule has 0 amide bonds. The second-order valence-corrected chi connectivity index (χ2v) is 16.7. The molecule has 6 nitrogen and oxygen atoms in total. The van der Waals surface area contributed by atoms with E-state index >= 15 is 0 Å². The van der Waals surface area contributed by atoms with Gasteiger partial charge in [-0.05, 0) is 54.7 Å². The number of rotatable bonds is 11. The molecular formula is C25H34ClNO5SSi. The normalized spacial score (nSPS) is 13.0. The molecule has 0 aromatic heterocycles. The lowest BCUT2D eigenvalue weighted by atomic mass is 10.1. The van der Waals surface area contributed by atoms with Gasteiger partial charge in [0.05, 0.1) is 12.0 Å². The fourth-order valence-electron chi connectivity index (χ4n) is 2.92. The highest BCUT2D eigenvalue weighted by atomic mass is 35.5. The molecule has 0 bridgehead atoms. The van der Waals surface area contributed by atoms with E-state index in [4.69, 9.17) is 20.8 Å². The van der Waals surface area contributed by atoms with Crippen LogP contribution in [-0.4, -0.2) is 47.1 Å². The lowest BCUT2D eigenvalue weighted by molar-refractivity contribution is -0.110. The minimum absolute atomic E-state index is 0.0842. The second-order valence-electron chi connectivity index (χ2n) is 9.61. The molecule has 0 N–H and O–H groups in total. The van der Waals surface area contributed by atoms with Crippen molar-refractivity contribution in [3.63, 3.8) is 0 Å².